The monoisotopic (exact) mass is 405 g/mol. The molecule has 3 aliphatic rings. The zero-order valence-corrected chi connectivity index (χ0v) is 17.9. The molecule has 4 heteroatoms. The van der Waals surface area contributed by atoms with Crippen molar-refractivity contribution in [2.24, 2.45) is 5.92 Å². The Morgan fingerprint density at radius 2 is 1.68 bits per heavy atom. The Bertz CT molecular complexity index is 608. The minimum atomic E-state index is -0.0732. The summed E-state index contributed by atoms with van der Waals surface area (Å²) in [6, 6.07) is 10.3. The maximum Gasteiger partial charge on any atom is 0.313 e. The lowest BCUT2D eigenvalue weighted by molar-refractivity contribution is -0.147. The second kappa shape index (κ2) is 10.1. The first kappa shape index (κ1) is 21.6. The summed E-state index contributed by atoms with van der Waals surface area (Å²) in [5, 5.41) is 0. The predicted octanol–water partition coefficient (Wildman–Crippen LogP) is 5.72. The average molecular weight is 406 g/mol. The first-order valence-electron chi connectivity index (χ1n) is 11.3. The van der Waals surface area contributed by atoms with E-state index in [0.717, 1.165) is 24.9 Å². The van der Waals surface area contributed by atoms with Gasteiger partial charge in [-0.3, -0.25) is 9.69 Å². The molecule has 1 spiro atoms. The van der Waals surface area contributed by atoms with Crippen molar-refractivity contribution in [2.45, 2.75) is 82.1 Å². The van der Waals surface area contributed by atoms with Gasteiger partial charge in [0.2, 0.25) is 0 Å². The SMILES string of the molecule is Cl.O=C(OCCN1CCCC12CCCCC2)C(c1ccccc1)C1CCCC1. The molecular weight excluding hydrogens is 370 g/mol. The Labute approximate surface area is 176 Å². The third-order valence-corrected chi connectivity index (χ3v) is 7.41. The van der Waals surface area contributed by atoms with Crippen LogP contribution in [0.1, 0.15) is 82.1 Å². The van der Waals surface area contributed by atoms with Gasteiger partial charge in [0.15, 0.2) is 0 Å². The molecule has 4 rings (SSSR count). The number of nitrogens with zero attached hydrogens (tertiary/aromatic N) is 1. The van der Waals surface area contributed by atoms with Crippen LogP contribution >= 0.6 is 12.4 Å². The third kappa shape index (κ3) is 4.74. The molecule has 1 heterocycles. The van der Waals surface area contributed by atoms with E-state index < -0.39 is 0 Å². The lowest BCUT2D eigenvalue weighted by Gasteiger charge is -2.41. The maximum atomic E-state index is 13.0. The van der Waals surface area contributed by atoms with Crippen molar-refractivity contribution < 1.29 is 9.53 Å². The molecule has 1 unspecified atom stereocenters. The zero-order chi connectivity index (χ0) is 18.5. The van der Waals surface area contributed by atoms with Crippen LogP contribution in [0, 0.1) is 5.92 Å². The van der Waals surface area contributed by atoms with Crippen LogP contribution in [0.15, 0.2) is 30.3 Å². The van der Waals surface area contributed by atoms with Crippen molar-refractivity contribution >= 4 is 18.4 Å². The van der Waals surface area contributed by atoms with Gasteiger partial charge in [0.05, 0.1) is 5.92 Å². The molecule has 3 nitrogen and oxygen atoms in total. The normalized spacial score (nSPS) is 23.4. The molecule has 2 aliphatic carbocycles. The Balaban J connectivity index is 0.00000225. The van der Waals surface area contributed by atoms with Gasteiger partial charge in [0, 0.05) is 12.1 Å². The molecule has 0 amide bonds. The minimum absolute atomic E-state index is 0. The highest BCUT2D eigenvalue weighted by Gasteiger charge is 2.41. The van der Waals surface area contributed by atoms with Gasteiger partial charge in [0.1, 0.15) is 6.61 Å². The summed E-state index contributed by atoms with van der Waals surface area (Å²) in [6.07, 6.45) is 14.3. The van der Waals surface area contributed by atoms with Gasteiger partial charge in [-0.2, -0.15) is 0 Å². The molecule has 1 saturated heterocycles. The summed E-state index contributed by atoms with van der Waals surface area (Å²) in [7, 11) is 0. The Morgan fingerprint density at radius 3 is 2.39 bits per heavy atom. The highest BCUT2D eigenvalue weighted by atomic mass is 35.5. The Morgan fingerprint density at radius 1 is 1.00 bits per heavy atom. The van der Waals surface area contributed by atoms with E-state index in [9.17, 15) is 4.79 Å². The first-order valence-corrected chi connectivity index (χ1v) is 11.3. The van der Waals surface area contributed by atoms with E-state index >= 15 is 0 Å². The number of hydrogen-bond acceptors (Lipinski definition) is 3. The molecule has 156 valence electrons. The fraction of sp³-hybridized carbons (Fsp3) is 0.708. The number of carbonyl (C=O) groups excluding carboxylic acids is 1. The van der Waals surface area contributed by atoms with E-state index in [1.807, 2.05) is 18.2 Å². The topological polar surface area (TPSA) is 29.5 Å². The molecule has 3 fully saturated rings. The lowest BCUT2D eigenvalue weighted by Crippen LogP contribution is -2.46. The summed E-state index contributed by atoms with van der Waals surface area (Å²) in [5.41, 5.74) is 1.56. The molecule has 1 atom stereocenters. The third-order valence-electron chi connectivity index (χ3n) is 7.41. The minimum Gasteiger partial charge on any atom is -0.464 e. The second-order valence-corrected chi connectivity index (χ2v) is 8.98. The molecule has 0 bridgehead atoms. The Kier molecular flexibility index (Phi) is 7.82. The molecule has 1 aliphatic heterocycles. The molecule has 28 heavy (non-hydrogen) atoms. The van der Waals surface area contributed by atoms with Crippen LogP contribution in [0.5, 0.6) is 0 Å². The standard InChI is InChI=1S/C24H35NO2.ClH/c26-23(22(21-12-5-6-13-21)20-10-3-1-4-11-20)27-19-18-25-17-9-16-24(25)14-7-2-8-15-24;/h1,3-4,10-11,21-22H,2,5-9,12-19H2;1H. The van der Waals surface area contributed by atoms with Crippen molar-refractivity contribution in [3.05, 3.63) is 35.9 Å². The van der Waals surface area contributed by atoms with E-state index in [1.54, 1.807) is 0 Å². The van der Waals surface area contributed by atoms with Crippen molar-refractivity contribution in [3.8, 4) is 0 Å². The van der Waals surface area contributed by atoms with Crippen molar-refractivity contribution in [2.75, 3.05) is 19.7 Å². The number of rotatable bonds is 6. The van der Waals surface area contributed by atoms with Crippen molar-refractivity contribution in [3.63, 3.8) is 0 Å². The highest BCUT2D eigenvalue weighted by Crippen LogP contribution is 2.41. The summed E-state index contributed by atoms with van der Waals surface area (Å²) in [6.45, 7) is 2.65. The smallest absolute Gasteiger partial charge is 0.313 e. The number of ether oxygens (including phenoxy) is 1. The number of hydrogen-bond donors (Lipinski definition) is 0. The first-order chi connectivity index (χ1) is 13.3. The van der Waals surface area contributed by atoms with Crippen LogP contribution in [-0.4, -0.2) is 36.1 Å². The van der Waals surface area contributed by atoms with E-state index in [2.05, 4.69) is 17.0 Å². The van der Waals surface area contributed by atoms with Crippen molar-refractivity contribution in [1.29, 1.82) is 0 Å². The van der Waals surface area contributed by atoms with Crippen LogP contribution in [0.3, 0.4) is 0 Å². The quantitative estimate of drug-likeness (QED) is 0.566. The molecule has 1 aromatic carbocycles. The zero-order valence-electron chi connectivity index (χ0n) is 17.1. The molecule has 2 saturated carbocycles. The number of carbonyl (C=O) groups is 1. The van der Waals surface area contributed by atoms with Crippen molar-refractivity contribution in [1.82, 2.24) is 4.90 Å². The Hall–Kier alpha value is -1.06. The van der Waals surface area contributed by atoms with Crippen LogP contribution in [0.25, 0.3) is 0 Å². The molecule has 0 radical (unpaired) electrons. The number of halogens is 1. The number of likely N-dealkylation sites (tertiary alicyclic amines) is 1. The number of benzene rings is 1. The lowest BCUT2D eigenvalue weighted by atomic mass is 9.80. The van der Waals surface area contributed by atoms with E-state index in [1.165, 1.54) is 64.3 Å². The number of esters is 1. The van der Waals surface area contributed by atoms with Gasteiger partial charge in [-0.15, -0.1) is 12.4 Å². The highest BCUT2D eigenvalue weighted by molar-refractivity contribution is 5.85. The van der Waals surface area contributed by atoms with E-state index in [4.69, 9.17) is 4.74 Å². The van der Waals surface area contributed by atoms with Gasteiger partial charge >= 0.3 is 5.97 Å². The van der Waals surface area contributed by atoms with Gasteiger partial charge in [0.25, 0.3) is 0 Å². The van der Waals surface area contributed by atoms with Gasteiger partial charge in [-0.25, -0.2) is 0 Å². The molecular formula is C24H36ClNO2. The predicted molar refractivity (Wildman–Crippen MR) is 116 cm³/mol. The van der Waals surface area contributed by atoms with Gasteiger partial charge in [-0.05, 0) is 56.6 Å². The summed E-state index contributed by atoms with van der Waals surface area (Å²) < 4.78 is 5.89. The van der Waals surface area contributed by atoms with Crippen LogP contribution in [0.4, 0.5) is 0 Å². The summed E-state index contributed by atoms with van der Waals surface area (Å²) in [5.74, 6) is 0.386. The average Bonchev–Trinajstić information content (AvgIpc) is 3.35. The molecule has 0 aromatic heterocycles. The summed E-state index contributed by atoms with van der Waals surface area (Å²) in [4.78, 5) is 15.7. The molecule has 0 N–H and O–H groups in total. The van der Waals surface area contributed by atoms with Gasteiger partial charge in [-0.1, -0.05) is 62.4 Å². The second-order valence-electron chi connectivity index (χ2n) is 8.98. The fourth-order valence-electron chi connectivity index (χ4n) is 6.02. The van der Waals surface area contributed by atoms with E-state index in [0.29, 0.717) is 18.1 Å². The van der Waals surface area contributed by atoms with E-state index in [-0.39, 0.29) is 24.3 Å². The van der Waals surface area contributed by atoms with Crippen LogP contribution < -0.4 is 0 Å². The largest absolute Gasteiger partial charge is 0.464 e. The fourth-order valence-corrected chi connectivity index (χ4v) is 6.02. The van der Waals surface area contributed by atoms with Crippen LogP contribution in [-0.2, 0) is 9.53 Å². The van der Waals surface area contributed by atoms with Crippen LogP contribution in [0.2, 0.25) is 0 Å². The maximum absolute atomic E-state index is 13.0. The summed E-state index contributed by atoms with van der Waals surface area (Å²) >= 11 is 0. The molecule has 1 aromatic rings. The van der Waals surface area contributed by atoms with Gasteiger partial charge < -0.3 is 4.74 Å².